The van der Waals surface area contributed by atoms with Crippen LogP contribution in [0.1, 0.15) is 11.1 Å². The van der Waals surface area contributed by atoms with E-state index in [-0.39, 0.29) is 0 Å². The lowest BCUT2D eigenvalue weighted by Gasteiger charge is -2.04. The third-order valence-electron chi connectivity index (χ3n) is 3.68. The fourth-order valence-electron chi connectivity index (χ4n) is 2.26. The van der Waals surface area contributed by atoms with Crippen LogP contribution in [-0.2, 0) is 0 Å². The Balaban J connectivity index is 1.73. The SMILES string of the molecule is COc1cc(C#Cc2ccc(N=Nc3ccc(Br)cc3)cc2)cc(OC)c1. The molecule has 3 rings (SSSR count). The lowest BCUT2D eigenvalue weighted by Crippen LogP contribution is -1.88. The third-order valence-corrected chi connectivity index (χ3v) is 4.21. The fourth-order valence-corrected chi connectivity index (χ4v) is 2.52. The summed E-state index contributed by atoms with van der Waals surface area (Å²) in [7, 11) is 3.24. The highest BCUT2D eigenvalue weighted by molar-refractivity contribution is 9.10. The van der Waals surface area contributed by atoms with E-state index in [2.05, 4.69) is 38.0 Å². The van der Waals surface area contributed by atoms with Crippen molar-refractivity contribution in [1.29, 1.82) is 0 Å². The Morgan fingerprint density at radius 1 is 0.667 bits per heavy atom. The summed E-state index contributed by atoms with van der Waals surface area (Å²) in [5.41, 5.74) is 3.28. The number of azo groups is 1. The van der Waals surface area contributed by atoms with E-state index >= 15 is 0 Å². The van der Waals surface area contributed by atoms with Crippen LogP contribution in [0.2, 0.25) is 0 Å². The van der Waals surface area contributed by atoms with Crippen molar-refractivity contribution in [1.82, 2.24) is 0 Å². The molecule has 0 fully saturated rings. The third kappa shape index (κ3) is 5.44. The number of benzene rings is 3. The predicted octanol–water partition coefficient (Wildman–Crippen LogP) is 6.28. The molecule has 0 saturated carbocycles. The Bertz CT molecular complexity index is 979. The summed E-state index contributed by atoms with van der Waals surface area (Å²) >= 11 is 3.40. The highest BCUT2D eigenvalue weighted by Gasteiger charge is 1.99. The minimum absolute atomic E-state index is 0.711. The first-order valence-electron chi connectivity index (χ1n) is 8.19. The van der Waals surface area contributed by atoms with Gasteiger partial charge in [-0.1, -0.05) is 27.8 Å². The Labute approximate surface area is 167 Å². The van der Waals surface area contributed by atoms with Crippen molar-refractivity contribution < 1.29 is 9.47 Å². The first kappa shape index (κ1) is 18.7. The van der Waals surface area contributed by atoms with Gasteiger partial charge in [-0.25, -0.2) is 0 Å². The van der Waals surface area contributed by atoms with Gasteiger partial charge in [0.05, 0.1) is 25.6 Å². The first-order valence-corrected chi connectivity index (χ1v) is 8.98. The van der Waals surface area contributed by atoms with Gasteiger partial charge in [-0.15, -0.1) is 0 Å². The molecule has 0 spiro atoms. The lowest BCUT2D eigenvalue weighted by atomic mass is 10.1. The largest absolute Gasteiger partial charge is 0.497 e. The molecule has 0 aromatic heterocycles. The van der Waals surface area contributed by atoms with Crippen molar-refractivity contribution in [3.63, 3.8) is 0 Å². The average molecular weight is 421 g/mol. The molecule has 4 nitrogen and oxygen atoms in total. The Kier molecular flexibility index (Phi) is 6.24. The summed E-state index contributed by atoms with van der Waals surface area (Å²) in [6.07, 6.45) is 0. The van der Waals surface area contributed by atoms with Crippen LogP contribution in [0.3, 0.4) is 0 Å². The van der Waals surface area contributed by atoms with Gasteiger partial charge in [0.15, 0.2) is 0 Å². The first-order chi connectivity index (χ1) is 13.2. The fraction of sp³-hybridized carbons (Fsp3) is 0.0909. The smallest absolute Gasteiger partial charge is 0.123 e. The molecule has 0 unspecified atom stereocenters. The van der Waals surface area contributed by atoms with Gasteiger partial charge in [-0.05, 0) is 60.7 Å². The van der Waals surface area contributed by atoms with E-state index < -0.39 is 0 Å². The quantitative estimate of drug-likeness (QED) is 0.368. The number of hydrogen-bond acceptors (Lipinski definition) is 4. The van der Waals surface area contributed by atoms with E-state index in [4.69, 9.17) is 9.47 Å². The normalized spacial score (nSPS) is 10.3. The van der Waals surface area contributed by atoms with Crippen molar-refractivity contribution in [2.75, 3.05) is 14.2 Å². The van der Waals surface area contributed by atoms with Crippen molar-refractivity contribution in [2.24, 2.45) is 10.2 Å². The van der Waals surface area contributed by atoms with Crippen LogP contribution in [0.15, 0.2) is 81.4 Å². The highest BCUT2D eigenvalue weighted by Crippen LogP contribution is 2.23. The molecule has 0 aliphatic carbocycles. The molecular formula is C22H17BrN2O2. The molecule has 5 heteroatoms. The second kappa shape index (κ2) is 9.02. The van der Waals surface area contributed by atoms with Crippen LogP contribution in [0, 0.1) is 11.8 Å². The standard InChI is InChI=1S/C22H17BrN2O2/c1-26-21-13-17(14-22(15-21)27-2)4-3-16-5-9-19(10-6-16)24-25-20-11-7-18(23)8-12-20/h5-15H,1-2H3. The Morgan fingerprint density at radius 2 is 1.15 bits per heavy atom. The van der Waals surface area contributed by atoms with Gasteiger partial charge < -0.3 is 9.47 Å². The molecule has 3 aromatic rings. The van der Waals surface area contributed by atoms with Gasteiger partial charge in [-0.2, -0.15) is 10.2 Å². The van der Waals surface area contributed by atoms with Crippen molar-refractivity contribution >= 4 is 27.3 Å². The number of methoxy groups -OCH3 is 2. The molecule has 3 aromatic carbocycles. The number of halogens is 1. The van der Waals surface area contributed by atoms with Crippen LogP contribution in [-0.4, -0.2) is 14.2 Å². The zero-order chi connectivity index (χ0) is 19.1. The molecule has 0 N–H and O–H groups in total. The van der Waals surface area contributed by atoms with Gasteiger partial charge in [0.2, 0.25) is 0 Å². The molecular weight excluding hydrogens is 404 g/mol. The van der Waals surface area contributed by atoms with Crippen LogP contribution in [0.4, 0.5) is 11.4 Å². The minimum Gasteiger partial charge on any atom is -0.497 e. The summed E-state index contributed by atoms with van der Waals surface area (Å²) in [4.78, 5) is 0. The minimum atomic E-state index is 0.711. The van der Waals surface area contributed by atoms with Gasteiger partial charge in [-0.3, -0.25) is 0 Å². The molecule has 0 aliphatic heterocycles. The van der Waals surface area contributed by atoms with Crippen LogP contribution < -0.4 is 9.47 Å². The molecule has 0 saturated heterocycles. The van der Waals surface area contributed by atoms with E-state index in [1.807, 2.05) is 66.7 Å². The molecule has 0 amide bonds. The van der Waals surface area contributed by atoms with Crippen molar-refractivity contribution in [3.8, 4) is 23.3 Å². The number of hydrogen-bond donors (Lipinski definition) is 0. The van der Waals surface area contributed by atoms with Gasteiger partial charge >= 0.3 is 0 Å². The maximum absolute atomic E-state index is 5.26. The second-order valence-corrected chi connectivity index (χ2v) is 6.49. The maximum Gasteiger partial charge on any atom is 0.123 e. The molecule has 27 heavy (non-hydrogen) atoms. The highest BCUT2D eigenvalue weighted by atomic mass is 79.9. The number of nitrogens with zero attached hydrogens (tertiary/aromatic N) is 2. The predicted molar refractivity (Wildman–Crippen MR) is 110 cm³/mol. The van der Waals surface area contributed by atoms with Crippen molar-refractivity contribution in [2.45, 2.75) is 0 Å². The monoisotopic (exact) mass is 420 g/mol. The van der Waals surface area contributed by atoms with E-state index in [1.54, 1.807) is 14.2 Å². The summed E-state index contributed by atoms with van der Waals surface area (Å²) in [5.74, 6) is 7.68. The molecule has 134 valence electrons. The zero-order valence-electron chi connectivity index (χ0n) is 14.9. The second-order valence-electron chi connectivity index (χ2n) is 5.57. The molecule has 0 bridgehead atoms. The summed E-state index contributed by atoms with van der Waals surface area (Å²) < 4.78 is 11.5. The summed E-state index contributed by atoms with van der Waals surface area (Å²) in [6.45, 7) is 0. The lowest BCUT2D eigenvalue weighted by molar-refractivity contribution is 0.394. The topological polar surface area (TPSA) is 43.2 Å². The van der Waals surface area contributed by atoms with Crippen molar-refractivity contribution in [3.05, 3.63) is 82.3 Å². The molecule has 0 heterocycles. The van der Waals surface area contributed by atoms with E-state index in [1.165, 1.54) is 0 Å². The molecule has 0 aliphatic rings. The van der Waals surface area contributed by atoms with E-state index in [0.717, 1.165) is 27.0 Å². The number of ether oxygens (including phenoxy) is 2. The van der Waals surface area contributed by atoms with E-state index in [0.29, 0.717) is 11.5 Å². The Morgan fingerprint density at radius 3 is 1.67 bits per heavy atom. The van der Waals surface area contributed by atoms with Gasteiger partial charge in [0.25, 0.3) is 0 Å². The summed E-state index contributed by atoms with van der Waals surface area (Å²) in [6, 6.07) is 20.8. The van der Waals surface area contributed by atoms with E-state index in [9.17, 15) is 0 Å². The molecule has 0 atom stereocenters. The van der Waals surface area contributed by atoms with Crippen LogP contribution in [0.5, 0.6) is 11.5 Å². The summed E-state index contributed by atoms with van der Waals surface area (Å²) in [5, 5.41) is 8.46. The van der Waals surface area contributed by atoms with Crippen LogP contribution in [0.25, 0.3) is 0 Å². The van der Waals surface area contributed by atoms with Gasteiger partial charge in [0.1, 0.15) is 11.5 Å². The van der Waals surface area contributed by atoms with Crippen LogP contribution >= 0.6 is 15.9 Å². The maximum atomic E-state index is 5.26. The number of rotatable bonds is 4. The zero-order valence-corrected chi connectivity index (χ0v) is 16.5. The van der Waals surface area contributed by atoms with Gasteiger partial charge in [0, 0.05) is 21.7 Å². The molecule has 0 radical (unpaired) electrons. The average Bonchev–Trinajstić information content (AvgIpc) is 2.72. The Hall–Kier alpha value is -3.10.